The van der Waals surface area contributed by atoms with Crippen LogP contribution in [0.2, 0.25) is 0 Å². The molecule has 0 aliphatic rings. The molecule has 0 aliphatic carbocycles. The Morgan fingerprint density at radius 1 is 1.11 bits per heavy atom. The maximum atomic E-state index is 12.2. The first-order valence-electron chi connectivity index (χ1n) is 7.75. The third kappa shape index (κ3) is 4.62. The van der Waals surface area contributed by atoms with E-state index in [1.165, 1.54) is 45.4 Å². The van der Waals surface area contributed by atoms with E-state index in [0.717, 1.165) is 11.3 Å². The number of nitrogens with one attached hydrogen (secondary N) is 1. The minimum atomic E-state index is -0.713. The van der Waals surface area contributed by atoms with E-state index in [4.69, 9.17) is 9.47 Å². The van der Waals surface area contributed by atoms with Crippen LogP contribution in [0.5, 0.6) is 5.75 Å². The van der Waals surface area contributed by atoms with E-state index in [1.807, 2.05) is 0 Å². The van der Waals surface area contributed by atoms with Crippen molar-refractivity contribution in [2.45, 2.75) is 6.92 Å². The predicted octanol–water partition coefficient (Wildman–Crippen LogP) is 2.56. The summed E-state index contributed by atoms with van der Waals surface area (Å²) in [6, 6.07) is 5.20. The zero-order valence-electron chi connectivity index (χ0n) is 15.1. The van der Waals surface area contributed by atoms with Gasteiger partial charge in [-0.05, 0) is 24.6 Å². The summed E-state index contributed by atoms with van der Waals surface area (Å²) in [6.45, 7) is 1.13. The second kappa shape index (κ2) is 8.95. The topological polar surface area (TPSA) is 134 Å². The summed E-state index contributed by atoms with van der Waals surface area (Å²) >= 11 is 0.880. The number of hydrogen-bond donors (Lipinski definition) is 1. The normalized spacial score (nSPS) is 10.1. The summed E-state index contributed by atoms with van der Waals surface area (Å²) < 4.78 is 14.6. The number of nitrogens with zero attached hydrogens (tertiary/aromatic N) is 1. The standard InChI is InChI=1S/C17H16N2O8S/c1-9-13(16(21)25-2)15(28-14(9)17(22)26-3)18-12(20)8-27-11-6-4-10(5-7-11)19(23)24/h4-7H,8H2,1-3H3,(H,18,20). The van der Waals surface area contributed by atoms with Crippen LogP contribution >= 0.6 is 11.3 Å². The van der Waals surface area contributed by atoms with E-state index < -0.39 is 29.4 Å². The molecule has 1 aromatic heterocycles. The van der Waals surface area contributed by atoms with Crippen LogP contribution in [0.4, 0.5) is 10.7 Å². The van der Waals surface area contributed by atoms with Crippen molar-refractivity contribution in [3.8, 4) is 5.75 Å². The van der Waals surface area contributed by atoms with Crippen LogP contribution in [-0.2, 0) is 14.3 Å². The van der Waals surface area contributed by atoms with Crippen molar-refractivity contribution in [2.75, 3.05) is 26.1 Å². The summed E-state index contributed by atoms with van der Waals surface area (Å²) in [6.07, 6.45) is 0. The lowest BCUT2D eigenvalue weighted by molar-refractivity contribution is -0.384. The van der Waals surface area contributed by atoms with Gasteiger partial charge in [0.15, 0.2) is 6.61 Å². The fourth-order valence-electron chi connectivity index (χ4n) is 2.21. The molecular formula is C17H16N2O8S. The van der Waals surface area contributed by atoms with E-state index in [0.29, 0.717) is 5.56 Å². The molecule has 1 N–H and O–H groups in total. The van der Waals surface area contributed by atoms with E-state index in [9.17, 15) is 24.5 Å². The molecule has 1 amide bonds. The lowest BCUT2D eigenvalue weighted by atomic mass is 10.1. The van der Waals surface area contributed by atoms with Crippen molar-refractivity contribution in [3.05, 3.63) is 50.4 Å². The molecule has 1 heterocycles. The quantitative estimate of drug-likeness (QED) is 0.420. The highest BCUT2D eigenvalue weighted by molar-refractivity contribution is 7.18. The number of nitro groups is 1. The van der Waals surface area contributed by atoms with Gasteiger partial charge < -0.3 is 19.5 Å². The SMILES string of the molecule is COC(=O)c1sc(NC(=O)COc2ccc([N+](=O)[O-])cc2)c(C(=O)OC)c1C. The Labute approximate surface area is 163 Å². The number of hydrogen-bond acceptors (Lipinski definition) is 9. The van der Waals surface area contributed by atoms with Gasteiger partial charge in [-0.3, -0.25) is 14.9 Å². The number of nitro benzene ring substituents is 1. The van der Waals surface area contributed by atoms with Gasteiger partial charge in [0.1, 0.15) is 15.6 Å². The van der Waals surface area contributed by atoms with E-state index >= 15 is 0 Å². The Balaban J connectivity index is 2.13. The molecule has 0 unspecified atom stereocenters. The van der Waals surface area contributed by atoms with E-state index in [-0.39, 0.29) is 26.9 Å². The molecule has 0 atom stereocenters. The van der Waals surface area contributed by atoms with Crippen molar-refractivity contribution in [3.63, 3.8) is 0 Å². The number of methoxy groups -OCH3 is 2. The molecule has 0 fully saturated rings. The minimum absolute atomic E-state index is 0.0524. The minimum Gasteiger partial charge on any atom is -0.484 e. The highest BCUT2D eigenvalue weighted by Gasteiger charge is 2.26. The molecular weight excluding hydrogens is 392 g/mol. The fraction of sp³-hybridized carbons (Fsp3) is 0.235. The number of amides is 1. The van der Waals surface area contributed by atoms with Crippen molar-refractivity contribution in [1.29, 1.82) is 0 Å². The van der Waals surface area contributed by atoms with Gasteiger partial charge >= 0.3 is 11.9 Å². The summed E-state index contributed by atoms with van der Waals surface area (Å²) in [4.78, 5) is 46.3. The molecule has 10 nitrogen and oxygen atoms in total. The lowest BCUT2D eigenvalue weighted by Gasteiger charge is -2.08. The van der Waals surface area contributed by atoms with Gasteiger partial charge in [0.2, 0.25) is 0 Å². The highest BCUT2D eigenvalue weighted by atomic mass is 32.1. The number of non-ortho nitro benzene ring substituents is 1. The van der Waals surface area contributed by atoms with Crippen molar-refractivity contribution < 1.29 is 33.5 Å². The van der Waals surface area contributed by atoms with Crippen LogP contribution in [0.25, 0.3) is 0 Å². The number of anilines is 1. The van der Waals surface area contributed by atoms with Gasteiger partial charge in [0.25, 0.3) is 11.6 Å². The Morgan fingerprint density at radius 3 is 2.25 bits per heavy atom. The van der Waals surface area contributed by atoms with Crippen molar-refractivity contribution in [2.24, 2.45) is 0 Å². The first kappa shape index (κ1) is 20.8. The van der Waals surface area contributed by atoms with Crippen molar-refractivity contribution in [1.82, 2.24) is 0 Å². The van der Waals surface area contributed by atoms with Crippen LogP contribution in [-0.4, -0.2) is 43.6 Å². The molecule has 11 heteroatoms. The molecule has 0 radical (unpaired) electrons. The van der Waals surface area contributed by atoms with Gasteiger partial charge in [-0.2, -0.15) is 0 Å². The van der Waals surface area contributed by atoms with Crippen LogP contribution < -0.4 is 10.1 Å². The maximum Gasteiger partial charge on any atom is 0.348 e. The van der Waals surface area contributed by atoms with Gasteiger partial charge in [-0.15, -0.1) is 11.3 Å². The Morgan fingerprint density at radius 2 is 1.71 bits per heavy atom. The molecule has 0 aliphatic heterocycles. The Kier molecular flexibility index (Phi) is 6.66. The summed E-state index contributed by atoms with van der Waals surface area (Å²) in [5, 5.41) is 13.3. The highest BCUT2D eigenvalue weighted by Crippen LogP contribution is 2.34. The van der Waals surface area contributed by atoms with Gasteiger partial charge in [-0.25, -0.2) is 9.59 Å². The summed E-state index contributed by atoms with van der Waals surface area (Å²) in [7, 11) is 2.39. The predicted molar refractivity (Wildman–Crippen MR) is 99.0 cm³/mol. The molecule has 28 heavy (non-hydrogen) atoms. The van der Waals surface area contributed by atoms with Gasteiger partial charge in [0.05, 0.1) is 24.7 Å². The first-order chi connectivity index (χ1) is 13.3. The average Bonchev–Trinajstić information content (AvgIpc) is 3.01. The molecule has 148 valence electrons. The maximum absolute atomic E-state index is 12.2. The molecule has 0 saturated carbocycles. The van der Waals surface area contributed by atoms with Crippen molar-refractivity contribution >= 4 is 39.9 Å². The van der Waals surface area contributed by atoms with Crippen LogP contribution in [0.1, 0.15) is 25.6 Å². The number of benzene rings is 1. The van der Waals surface area contributed by atoms with E-state index in [1.54, 1.807) is 0 Å². The Bertz CT molecular complexity index is 920. The fourth-order valence-corrected chi connectivity index (χ4v) is 3.34. The molecule has 0 spiro atoms. The summed E-state index contributed by atoms with van der Waals surface area (Å²) in [5.41, 5.74) is 0.274. The number of carbonyl (C=O) groups excluding carboxylic acids is 3. The number of ether oxygens (including phenoxy) is 3. The third-order valence-electron chi connectivity index (χ3n) is 3.58. The third-order valence-corrected chi connectivity index (χ3v) is 4.76. The smallest absolute Gasteiger partial charge is 0.348 e. The number of carbonyl (C=O) groups is 3. The molecule has 1 aromatic carbocycles. The van der Waals surface area contributed by atoms with E-state index in [2.05, 4.69) is 10.1 Å². The first-order valence-corrected chi connectivity index (χ1v) is 8.57. The van der Waals surface area contributed by atoms with Crippen LogP contribution in [0.3, 0.4) is 0 Å². The average molecular weight is 408 g/mol. The second-order valence-electron chi connectivity index (χ2n) is 5.33. The van der Waals surface area contributed by atoms with Gasteiger partial charge in [0, 0.05) is 12.1 Å². The molecule has 2 rings (SSSR count). The van der Waals surface area contributed by atoms with Crippen LogP contribution in [0, 0.1) is 17.0 Å². The lowest BCUT2D eigenvalue weighted by Crippen LogP contribution is -2.21. The second-order valence-corrected chi connectivity index (χ2v) is 6.35. The Hall–Kier alpha value is -3.47. The van der Waals surface area contributed by atoms with Crippen LogP contribution in [0.15, 0.2) is 24.3 Å². The molecule has 0 saturated heterocycles. The number of rotatable bonds is 7. The number of esters is 2. The molecule has 2 aromatic rings. The monoisotopic (exact) mass is 408 g/mol. The molecule has 0 bridgehead atoms. The zero-order valence-corrected chi connectivity index (χ0v) is 16.0. The van der Waals surface area contributed by atoms with Gasteiger partial charge in [-0.1, -0.05) is 0 Å². The summed E-state index contributed by atoms with van der Waals surface area (Å²) in [5.74, 6) is -1.70. The number of thiophene rings is 1. The largest absolute Gasteiger partial charge is 0.484 e. The zero-order chi connectivity index (χ0) is 20.8.